The maximum atomic E-state index is 12.4. The van der Waals surface area contributed by atoms with Crippen LogP contribution in [-0.2, 0) is 11.8 Å². The van der Waals surface area contributed by atoms with Gasteiger partial charge in [-0.05, 0) is 30.3 Å². The highest BCUT2D eigenvalue weighted by Gasteiger charge is 2.12. The highest BCUT2D eigenvalue weighted by Crippen LogP contribution is 2.23. The first-order chi connectivity index (χ1) is 11.6. The molecule has 1 aromatic heterocycles. The fourth-order valence-electron chi connectivity index (χ4n) is 2.56. The lowest BCUT2D eigenvalue weighted by Crippen LogP contribution is -2.13. The van der Waals surface area contributed by atoms with Gasteiger partial charge in [-0.1, -0.05) is 40.2 Å². The van der Waals surface area contributed by atoms with Crippen molar-refractivity contribution in [3.8, 4) is 6.07 Å². The van der Waals surface area contributed by atoms with Gasteiger partial charge in [0.2, 0.25) is 0 Å². The first-order valence-electron chi connectivity index (χ1n) is 7.31. The lowest BCUT2D eigenvalue weighted by molar-refractivity contribution is -0.112. The molecule has 3 rings (SSSR count). The lowest BCUT2D eigenvalue weighted by Gasteiger charge is -2.04. The number of benzene rings is 2. The van der Waals surface area contributed by atoms with E-state index in [1.54, 1.807) is 18.2 Å². The zero-order chi connectivity index (χ0) is 17.1. The Morgan fingerprint density at radius 2 is 2.04 bits per heavy atom. The van der Waals surface area contributed by atoms with E-state index >= 15 is 0 Å². The average Bonchev–Trinajstić information content (AvgIpc) is 2.89. The summed E-state index contributed by atoms with van der Waals surface area (Å²) in [4.78, 5) is 12.4. The van der Waals surface area contributed by atoms with Crippen LogP contribution in [0.4, 0.5) is 5.69 Å². The summed E-state index contributed by atoms with van der Waals surface area (Å²) in [6, 6.07) is 17.1. The maximum absolute atomic E-state index is 12.4. The van der Waals surface area contributed by atoms with Gasteiger partial charge in [0.15, 0.2) is 0 Å². The zero-order valence-electron chi connectivity index (χ0n) is 13.0. The molecule has 4 nitrogen and oxygen atoms in total. The third-order valence-electron chi connectivity index (χ3n) is 3.68. The van der Waals surface area contributed by atoms with Gasteiger partial charge in [-0.15, -0.1) is 0 Å². The lowest BCUT2D eigenvalue weighted by atomic mass is 10.1. The van der Waals surface area contributed by atoms with Crippen LogP contribution in [0.1, 0.15) is 5.56 Å². The van der Waals surface area contributed by atoms with Crippen LogP contribution in [0.2, 0.25) is 0 Å². The number of carbonyl (C=O) groups excluding carboxylic acids is 1. The summed E-state index contributed by atoms with van der Waals surface area (Å²) in [6.45, 7) is 0. The molecule has 0 aliphatic heterocycles. The number of hydrogen-bond acceptors (Lipinski definition) is 2. The third kappa shape index (κ3) is 3.24. The minimum atomic E-state index is -0.427. The first-order valence-corrected chi connectivity index (χ1v) is 8.10. The number of nitrogens with zero attached hydrogens (tertiary/aromatic N) is 2. The fraction of sp³-hybridized carbons (Fsp3) is 0.0526. The maximum Gasteiger partial charge on any atom is 0.266 e. The Bertz CT molecular complexity index is 995. The van der Waals surface area contributed by atoms with Crippen molar-refractivity contribution in [1.82, 2.24) is 4.57 Å². The number of hydrogen-bond donors (Lipinski definition) is 1. The second kappa shape index (κ2) is 6.73. The summed E-state index contributed by atoms with van der Waals surface area (Å²) >= 11 is 3.36. The zero-order valence-corrected chi connectivity index (χ0v) is 14.5. The van der Waals surface area contributed by atoms with Crippen LogP contribution in [-0.4, -0.2) is 10.5 Å². The predicted octanol–water partition coefficient (Wildman–Crippen LogP) is 4.49. The smallest absolute Gasteiger partial charge is 0.266 e. The summed E-state index contributed by atoms with van der Waals surface area (Å²) in [5.74, 6) is -0.427. The molecule has 2 aromatic carbocycles. The van der Waals surface area contributed by atoms with Gasteiger partial charge in [0.1, 0.15) is 11.6 Å². The summed E-state index contributed by atoms with van der Waals surface area (Å²) in [5.41, 5.74) is 2.59. The number of rotatable bonds is 3. The van der Waals surface area contributed by atoms with Crippen molar-refractivity contribution < 1.29 is 4.79 Å². The molecule has 0 aliphatic rings. The Kier molecular flexibility index (Phi) is 4.50. The number of aryl methyl sites for hydroxylation is 1. The normalized spacial score (nSPS) is 11.3. The topological polar surface area (TPSA) is 57.8 Å². The number of carbonyl (C=O) groups is 1. The van der Waals surface area contributed by atoms with E-state index in [0.717, 1.165) is 20.9 Å². The van der Waals surface area contributed by atoms with Crippen LogP contribution in [0.25, 0.3) is 17.0 Å². The van der Waals surface area contributed by atoms with Gasteiger partial charge in [0.05, 0.1) is 0 Å². The Balaban J connectivity index is 1.94. The molecule has 5 heteroatoms. The van der Waals surface area contributed by atoms with E-state index in [2.05, 4.69) is 21.2 Å². The molecule has 118 valence electrons. The van der Waals surface area contributed by atoms with Gasteiger partial charge in [-0.25, -0.2) is 0 Å². The molecule has 0 fully saturated rings. The second-order valence-electron chi connectivity index (χ2n) is 5.35. The molecule has 1 N–H and O–H groups in total. The number of aromatic nitrogens is 1. The molecule has 1 amide bonds. The molecule has 0 aliphatic carbocycles. The number of fused-ring (bicyclic) bond motifs is 1. The fourth-order valence-corrected chi connectivity index (χ4v) is 2.96. The van der Waals surface area contributed by atoms with Crippen LogP contribution in [0, 0.1) is 11.3 Å². The average molecular weight is 380 g/mol. The molecule has 0 saturated carbocycles. The molecule has 1 heterocycles. The van der Waals surface area contributed by atoms with Gasteiger partial charge in [-0.2, -0.15) is 5.26 Å². The number of amides is 1. The number of anilines is 1. The second-order valence-corrected chi connectivity index (χ2v) is 6.26. The summed E-state index contributed by atoms with van der Waals surface area (Å²) in [7, 11) is 1.94. The Labute approximate surface area is 148 Å². The monoisotopic (exact) mass is 379 g/mol. The summed E-state index contributed by atoms with van der Waals surface area (Å²) < 4.78 is 2.83. The van der Waals surface area contributed by atoms with Gasteiger partial charge in [-0.3, -0.25) is 4.79 Å². The molecule has 0 unspecified atom stereocenters. The van der Waals surface area contributed by atoms with E-state index in [0.29, 0.717) is 5.69 Å². The summed E-state index contributed by atoms with van der Waals surface area (Å²) in [5, 5.41) is 13.1. The van der Waals surface area contributed by atoms with E-state index in [4.69, 9.17) is 0 Å². The van der Waals surface area contributed by atoms with Crippen molar-refractivity contribution in [3.63, 3.8) is 0 Å². The number of nitriles is 1. The Morgan fingerprint density at radius 1 is 1.25 bits per heavy atom. The van der Waals surface area contributed by atoms with Crippen LogP contribution in [0.3, 0.4) is 0 Å². The molecule has 0 atom stereocenters. The minimum Gasteiger partial charge on any atom is -0.350 e. The van der Waals surface area contributed by atoms with E-state index in [1.807, 2.05) is 60.3 Å². The molecule has 0 radical (unpaired) electrons. The highest BCUT2D eigenvalue weighted by atomic mass is 79.9. The molecule has 0 saturated heterocycles. The van der Waals surface area contributed by atoms with E-state index in [1.165, 1.54) is 0 Å². The quantitative estimate of drug-likeness (QED) is 0.538. The number of para-hydroxylation sites is 1. The standard InChI is InChI=1S/C19H14BrN3O/c1-23-12-14(17-7-2-3-8-18(17)23)9-13(11-21)19(24)22-16-6-4-5-15(20)10-16/h2-10,12H,1H3,(H,22,24). The van der Waals surface area contributed by atoms with Gasteiger partial charge in [0.25, 0.3) is 5.91 Å². The van der Waals surface area contributed by atoms with E-state index in [9.17, 15) is 10.1 Å². The third-order valence-corrected chi connectivity index (χ3v) is 4.17. The van der Waals surface area contributed by atoms with Crippen LogP contribution >= 0.6 is 15.9 Å². The van der Waals surface area contributed by atoms with Gasteiger partial charge in [0, 0.05) is 39.9 Å². The van der Waals surface area contributed by atoms with Crippen molar-refractivity contribution in [3.05, 3.63) is 70.3 Å². The SMILES string of the molecule is Cn1cc(C=C(C#N)C(=O)Nc2cccc(Br)c2)c2ccccc21. The van der Waals surface area contributed by atoms with Crippen molar-refractivity contribution in [2.75, 3.05) is 5.32 Å². The van der Waals surface area contributed by atoms with E-state index < -0.39 is 5.91 Å². The van der Waals surface area contributed by atoms with Gasteiger partial charge < -0.3 is 9.88 Å². The van der Waals surface area contributed by atoms with E-state index in [-0.39, 0.29) is 5.57 Å². The van der Waals surface area contributed by atoms with Crippen molar-refractivity contribution in [1.29, 1.82) is 5.26 Å². The molecule has 0 bridgehead atoms. The first kappa shape index (κ1) is 16.0. The Morgan fingerprint density at radius 3 is 2.79 bits per heavy atom. The highest BCUT2D eigenvalue weighted by molar-refractivity contribution is 9.10. The van der Waals surface area contributed by atoms with Gasteiger partial charge >= 0.3 is 0 Å². The molecule has 24 heavy (non-hydrogen) atoms. The van der Waals surface area contributed by atoms with Crippen molar-refractivity contribution in [2.45, 2.75) is 0 Å². The number of nitrogens with one attached hydrogen (secondary N) is 1. The largest absolute Gasteiger partial charge is 0.350 e. The van der Waals surface area contributed by atoms with Crippen LogP contribution in [0.5, 0.6) is 0 Å². The van der Waals surface area contributed by atoms with Crippen LogP contribution in [0.15, 0.2) is 64.8 Å². The van der Waals surface area contributed by atoms with Crippen molar-refractivity contribution >= 4 is 44.5 Å². The molecular weight excluding hydrogens is 366 g/mol. The predicted molar refractivity (Wildman–Crippen MR) is 99.3 cm³/mol. The van der Waals surface area contributed by atoms with Crippen LogP contribution < -0.4 is 5.32 Å². The molecule has 3 aromatic rings. The molecule has 0 spiro atoms. The van der Waals surface area contributed by atoms with Crippen molar-refractivity contribution in [2.24, 2.45) is 7.05 Å². The minimum absolute atomic E-state index is 0.0614. The number of halogens is 1. The Hall–Kier alpha value is -2.84. The molecular formula is C19H14BrN3O. The summed E-state index contributed by atoms with van der Waals surface area (Å²) in [6.07, 6.45) is 3.53.